The fraction of sp³-hybridized carbons (Fsp3) is 0.385. The van der Waals surface area contributed by atoms with Gasteiger partial charge in [0, 0.05) is 12.5 Å². The highest BCUT2D eigenvalue weighted by Crippen LogP contribution is 2.32. The van der Waals surface area contributed by atoms with Crippen molar-refractivity contribution in [2.24, 2.45) is 0 Å². The van der Waals surface area contributed by atoms with Crippen molar-refractivity contribution in [1.82, 2.24) is 5.32 Å². The van der Waals surface area contributed by atoms with E-state index >= 15 is 0 Å². The summed E-state index contributed by atoms with van der Waals surface area (Å²) in [4.78, 5) is 0. The van der Waals surface area contributed by atoms with Crippen LogP contribution in [0.25, 0.3) is 10.8 Å². The molecule has 2 aliphatic rings. The van der Waals surface area contributed by atoms with Crippen molar-refractivity contribution in [1.29, 1.82) is 0 Å². The predicted octanol–water partition coefficient (Wildman–Crippen LogP) is 5.38. The fourth-order valence-corrected chi connectivity index (χ4v) is 4.90. The summed E-state index contributed by atoms with van der Waals surface area (Å²) in [5.74, 6) is 0.494. The lowest BCUT2D eigenvalue weighted by molar-refractivity contribution is 0.0106. The van der Waals surface area contributed by atoms with Crippen LogP contribution in [0.1, 0.15) is 47.4 Å². The van der Waals surface area contributed by atoms with Gasteiger partial charge in [-0.05, 0) is 77.7 Å². The number of hydrogen-bond acceptors (Lipinski definition) is 2. The van der Waals surface area contributed by atoms with Crippen molar-refractivity contribution in [3.8, 4) is 0 Å². The second kappa shape index (κ2) is 8.06. The molecular formula is C26H29NO. The summed E-state index contributed by atoms with van der Waals surface area (Å²) in [6.07, 6.45) is 6.57. The van der Waals surface area contributed by atoms with E-state index in [2.05, 4.69) is 66.0 Å². The topological polar surface area (TPSA) is 21.3 Å². The van der Waals surface area contributed by atoms with Gasteiger partial charge in [0.15, 0.2) is 0 Å². The molecule has 0 bridgehead atoms. The first kappa shape index (κ1) is 17.9. The minimum atomic E-state index is 0.238. The standard InChI is InChI=1S/C26H29NO/c1-3-7-22-15-19(9-10-20(22)5-1)18-28-26-17-27-14-13-25(26)24-12-11-21-6-2-4-8-23(21)16-24/h1,3,5,7,9-12,15-16,25-27H,2,4,6,8,13-14,17-18H2. The maximum Gasteiger partial charge on any atom is 0.0772 e. The van der Waals surface area contributed by atoms with Crippen LogP contribution in [0.3, 0.4) is 0 Å². The number of fused-ring (bicyclic) bond motifs is 2. The molecule has 1 heterocycles. The summed E-state index contributed by atoms with van der Waals surface area (Å²) in [6.45, 7) is 2.70. The van der Waals surface area contributed by atoms with Crippen molar-refractivity contribution < 1.29 is 4.74 Å². The van der Waals surface area contributed by atoms with Crippen molar-refractivity contribution in [2.45, 2.75) is 50.7 Å². The minimum absolute atomic E-state index is 0.238. The first-order valence-corrected chi connectivity index (χ1v) is 10.8. The smallest absolute Gasteiger partial charge is 0.0772 e. The number of ether oxygens (including phenoxy) is 1. The van der Waals surface area contributed by atoms with E-state index in [0.29, 0.717) is 12.5 Å². The van der Waals surface area contributed by atoms with Gasteiger partial charge in [-0.2, -0.15) is 0 Å². The van der Waals surface area contributed by atoms with Crippen LogP contribution in [0, 0.1) is 0 Å². The van der Waals surface area contributed by atoms with Gasteiger partial charge in [0.2, 0.25) is 0 Å². The molecule has 5 rings (SSSR count). The van der Waals surface area contributed by atoms with Crippen LogP contribution in [0.2, 0.25) is 0 Å². The maximum absolute atomic E-state index is 6.47. The molecule has 28 heavy (non-hydrogen) atoms. The van der Waals surface area contributed by atoms with Gasteiger partial charge in [0.25, 0.3) is 0 Å². The molecule has 2 unspecified atom stereocenters. The number of rotatable bonds is 4. The van der Waals surface area contributed by atoms with Gasteiger partial charge in [0.05, 0.1) is 12.7 Å². The Balaban J connectivity index is 1.32. The van der Waals surface area contributed by atoms with Gasteiger partial charge in [-0.3, -0.25) is 0 Å². The summed E-state index contributed by atoms with van der Waals surface area (Å²) < 4.78 is 6.47. The zero-order valence-corrected chi connectivity index (χ0v) is 16.5. The lowest BCUT2D eigenvalue weighted by Gasteiger charge is -2.33. The number of aryl methyl sites for hydroxylation is 2. The van der Waals surface area contributed by atoms with Crippen molar-refractivity contribution in [3.05, 3.63) is 82.9 Å². The van der Waals surface area contributed by atoms with Crippen LogP contribution in [0.4, 0.5) is 0 Å². The zero-order valence-electron chi connectivity index (χ0n) is 16.5. The molecule has 2 nitrogen and oxygen atoms in total. The van der Waals surface area contributed by atoms with Gasteiger partial charge < -0.3 is 10.1 Å². The molecule has 0 spiro atoms. The largest absolute Gasteiger partial charge is 0.372 e. The summed E-state index contributed by atoms with van der Waals surface area (Å²) in [5, 5.41) is 6.12. The first-order valence-electron chi connectivity index (χ1n) is 10.8. The number of nitrogens with one attached hydrogen (secondary N) is 1. The van der Waals surface area contributed by atoms with Crippen LogP contribution < -0.4 is 5.32 Å². The highest BCUT2D eigenvalue weighted by Gasteiger charge is 2.28. The molecular weight excluding hydrogens is 342 g/mol. The van der Waals surface area contributed by atoms with Gasteiger partial charge in [0.1, 0.15) is 0 Å². The molecule has 2 atom stereocenters. The van der Waals surface area contributed by atoms with Gasteiger partial charge in [-0.1, -0.05) is 54.6 Å². The van der Waals surface area contributed by atoms with Crippen molar-refractivity contribution >= 4 is 10.8 Å². The molecule has 3 aromatic carbocycles. The second-order valence-electron chi connectivity index (χ2n) is 8.37. The van der Waals surface area contributed by atoms with E-state index in [0.717, 1.165) is 19.5 Å². The molecule has 2 heteroatoms. The quantitative estimate of drug-likeness (QED) is 0.665. The molecule has 1 aliphatic carbocycles. The molecule has 1 N–H and O–H groups in total. The Hall–Kier alpha value is -2.16. The molecule has 3 aromatic rings. The van der Waals surface area contributed by atoms with Crippen LogP contribution in [-0.2, 0) is 24.2 Å². The third kappa shape index (κ3) is 3.72. The minimum Gasteiger partial charge on any atom is -0.372 e. The summed E-state index contributed by atoms with van der Waals surface area (Å²) in [7, 11) is 0. The third-order valence-corrected chi connectivity index (χ3v) is 6.51. The monoisotopic (exact) mass is 371 g/mol. The average molecular weight is 372 g/mol. The van der Waals surface area contributed by atoms with Gasteiger partial charge >= 0.3 is 0 Å². The zero-order chi connectivity index (χ0) is 18.8. The Morgan fingerprint density at radius 2 is 1.71 bits per heavy atom. The van der Waals surface area contributed by atoms with E-state index in [1.54, 1.807) is 11.1 Å². The Morgan fingerprint density at radius 1 is 0.857 bits per heavy atom. The van der Waals surface area contributed by atoms with E-state index in [1.165, 1.54) is 47.6 Å². The number of hydrogen-bond donors (Lipinski definition) is 1. The van der Waals surface area contributed by atoms with Crippen LogP contribution in [0.15, 0.2) is 60.7 Å². The Kier molecular flexibility index (Phi) is 5.16. The number of piperidine rings is 1. The SMILES string of the molecule is c1ccc2cc(COC3CNCCC3c3ccc4c(c3)CCCC4)ccc2c1. The molecule has 0 radical (unpaired) electrons. The molecule has 0 saturated carbocycles. The normalized spacial score (nSPS) is 22.1. The van der Waals surface area contributed by atoms with E-state index in [1.807, 2.05) is 0 Å². The Labute approximate surface area is 167 Å². The van der Waals surface area contributed by atoms with E-state index in [9.17, 15) is 0 Å². The summed E-state index contributed by atoms with van der Waals surface area (Å²) >= 11 is 0. The maximum atomic E-state index is 6.47. The highest BCUT2D eigenvalue weighted by molar-refractivity contribution is 5.82. The molecule has 0 amide bonds. The second-order valence-corrected chi connectivity index (χ2v) is 8.37. The third-order valence-electron chi connectivity index (χ3n) is 6.51. The van der Waals surface area contributed by atoms with Crippen LogP contribution in [-0.4, -0.2) is 19.2 Å². The van der Waals surface area contributed by atoms with Gasteiger partial charge in [-0.25, -0.2) is 0 Å². The Morgan fingerprint density at radius 3 is 2.64 bits per heavy atom. The fourth-order valence-electron chi connectivity index (χ4n) is 4.90. The van der Waals surface area contributed by atoms with Crippen LogP contribution >= 0.6 is 0 Å². The number of benzene rings is 3. The summed E-state index contributed by atoms with van der Waals surface area (Å²) in [6, 6.07) is 22.4. The molecule has 1 aliphatic heterocycles. The molecule has 144 valence electrons. The van der Waals surface area contributed by atoms with Crippen molar-refractivity contribution in [2.75, 3.05) is 13.1 Å². The summed E-state index contributed by atoms with van der Waals surface area (Å²) in [5.41, 5.74) is 5.88. The van der Waals surface area contributed by atoms with E-state index < -0.39 is 0 Å². The molecule has 1 fully saturated rings. The molecule has 0 aromatic heterocycles. The Bertz CT molecular complexity index is 964. The lowest BCUT2D eigenvalue weighted by atomic mass is 9.83. The van der Waals surface area contributed by atoms with E-state index in [4.69, 9.17) is 4.74 Å². The highest BCUT2D eigenvalue weighted by atomic mass is 16.5. The predicted molar refractivity (Wildman–Crippen MR) is 116 cm³/mol. The first-order chi connectivity index (χ1) is 13.9. The average Bonchev–Trinajstić information content (AvgIpc) is 2.77. The van der Waals surface area contributed by atoms with E-state index in [-0.39, 0.29) is 6.10 Å². The lowest BCUT2D eigenvalue weighted by Crippen LogP contribution is -2.41. The van der Waals surface area contributed by atoms with Crippen molar-refractivity contribution in [3.63, 3.8) is 0 Å². The van der Waals surface area contributed by atoms with Crippen LogP contribution in [0.5, 0.6) is 0 Å². The van der Waals surface area contributed by atoms with Gasteiger partial charge in [-0.15, -0.1) is 0 Å². The molecule has 1 saturated heterocycles.